The second-order valence-corrected chi connectivity index (χ2v) is 8.64. The lowest BCUT2D eigenvalue weighted by atomic mass is 10.0. The van der Waals surface area contributed by atoms with Crippen molar-refractivity contribution in [2.24, 2.45) is 0 Å². The van der Waals surface area contributed by atoms with Gasteiger partial charge in [0.2, 0.25) is 21.8 Å². The lowest BCUT2D eigenvalue weighted by Crippen LogP contribution is -2.32. The molecule has 9 nitrogen and oxygen atoms in total. The second-order valence-electron chi connectivity index (χ2n) is 6.75. The summed E-state index contributed by atoms with van der Waals surface area (Å²) in [6.07, 6.45) is 0.774. The van der Waals surface area contributed by atoms with Gasteiger partial charge in [-0.05, 0) is 30.2 Å². The standard InChI is InChI=1S/C17H20N4O5S/c1-2-15-19-17(26-20-15)14-8-11(22)9-21(14)27(24,25)12-4-5-13-10(7-12)3-6-16(23)18-13/h4-5,7,11,14,22H,2-3,6,8-9H2,1H3,(H,18,23)/t11-,14+/m0/s1. The van der Waals surface area contributed by atoms with Gasteiger partial charge in [0.05, 0.1) is 11.0 Å². The van der Waals surface area contributed by atoms with Gasteiger partial charge in [-0.15, -0.1) is 0 Å². The van der Waals surface area contributed by atoms with Crippen LogP contribution in [0.3, 0.4) is 0 Å². The summed E-state index contributed by atoms with van der Waals surface area (Å²) in [5.74, 6) is 0.606. The average molecular weight is 392 g/mol. The molecule has 0 unspecified atom stereocenters. The Morgan fingerprint density at radius 3 is 2.93 bits per heavy atom. The molecule has 0 saturated carbocycles. The number of aryl methyl sites for hydroxylation is 2. The maximum absolute atomic E-state index is 13.2. The molecule has 27 heavy (non-hydrogen) atoms. The molecule has 2 aliphatic rings. The Bertz CT molecular complexity index is 987. The molecule has 0 spiro atoms. The number of carbonyl (C=O) groups is 1. The summed E-state index contributed by atoms with van der Waals surface area (Å²) in [4.78, 5) is 15.8. The number of nitrogens with one attached hydrogen (secondary N) is 1. The number of anilines is 1. The number of nitrogens with zero attached hydrogens (tertiary/aromatic N) is 3. The number of aromatic nitrogens is 2. The summed E-state index contributed by atoms with van der Waals surface area (Å²) in [6, 6.07) is 3.95. The van der Waals surface area contributed by atoms with E-state index < -0.39 is 22.2 Å². The van der Waals surface area contributed by atoms with Crippen LogP contribution in [0, 0.1) is 0 Å². The van der Waals surface area contributed by atoms with E-state index in [-0.39, 0.29) is 29.7 Å². The van der Waals surface area contributed by atoms with Crippen molar-refractivity contribution in [3.63, 3.8) is 0 Å². The normalized spacial score (nSPS) is 23.3. The molecule has 3 heterocycles. The van der Waals surface area contributed by atoms with Crippen molar-refractivity contribution in [3.8, 4) is 0 Å². The van der Waals surface area contributed by atoms with Crippen LogP contribution in [0.1, 0.15) is 43.1 Å². The number of hydrogen-bond acceptors (Lipinski definition) is 7. The second kappa shape index (κ2) is 6.70. The zero-order chi connectivity index (χ0) is 19.2. The molecule has 2 aromatic rings. The van der Waals surface area contributed by atoms with E-state index in [9.17, 15) is 18.3 Å². The van der Waals surface area contributed by atoms with Crippen molar-refractivity contribution >= 4 is 21.6 Å². The number of amides is 1. The van der Waals surface area contributed by atoms with E-state index in [1.165, 1.54) is 10.4 Å². The van der Waals surface area contributed by atoms with Gasteiger partial charge in [0.15, 0.2) is 5.82 Å². The Labute approximate surface area is 156 Å². The Hall–Kier alpha value is -2.30. The van der Waals surface area contributed by atoms with Crippen molar-refractivity contribution in [3.05, 3.63) is 35.5 Å². The smallest absolute Gasteiger partial charge is 0.245 e. The number of aliphatic hydroxyl groups is 1. The summed E-state index contributed by atoms with van der Waals surface area (Å²) in [7, 11) is -3.88. The number of sulfonamides is 1. The first-order valence-corrected chi connectivity index (χ1v) is 10.3. The third-order valence-electron chi connectivity index (χ3n) is 4.90. The highest BCUT2D eigenvalue weighted by atomic mass is 32.2. The Balaban J connectivity index is 1.68. The van der Waals surface area contributed by atoms with Crippen LogP contribution in [0.5, 0.6) is 0 Å². The summed E-state index contributed by atoms with van der Waals surface area (Å²) in [5, 5.41) is 16.7. The van der Waals surface area contributed by atoms with Gasteiger partial charge in [0.25, 0.3) is 0 Å². The lowest BCUT2D eigenvalue weighted by molar-refractivity contribution is -0.116. The Morgan fingerprint density at radius 2 is 2.19 bits per heavy atom. The molecular formula is C17H20N4O5S. The predicted molar refractivity (Wildman–Crippen MR) is 94.3 cm³/mol. The number of aliphatic hydroxyl groups excluding tert-OH is 1. The minimum atomic E-state index is -3.88. The highest BCUT2D eigenvalue weighted by Gasteiger charge is 2.43. The molecule has 1 aromatic carbocycles. The van der Waals surface area contributed by atoms with Crippen LogP contribution in [-0.2, 0) is 27.7 Å². The number of fused-ring (bicyclic) bond motifs is 1. The van der Waals surface area contributed by atoms with E-state index in [1.807, 2.05) is 6.92 Å². The highest BCUT2D eigenvalue weighted by Crippen LogP contribution is 2.37. The van der Waals surface area contributed by atoms with E-state index in [4.69, 9.17) is 4.52 Å². The van der Waals surface area contributed by atoms with E-state index in [0.717, 1.165) is 5.56 Å². The first-order chi connectivity index (χ1) is 12.9. The number of benzene rings is 1. The van der Waals surface area contributed by atoms with Gasteiger partial charge in [0.1, 0.15) is 6.04 Å². The van der Waals surface area contributed by atoms with Gasteiger partial charge in [-0.3, -0.25) is 4.79 Å². The van der Waals surface area contributed by atoms with E-state index in [2.05, 4.69) is 15.5 Å². The molecule has 1 aromatic heterocycles. The van der Waals surface area contributed by atoms with Gasteiger partial charge >= 0.3 is 0 Å². The Morgan fingerprint density at radius 1 is 1.37 bits per heavy atom. The quantitative estimate of drug-likeness (QED) is 0.795. The van der Waals surface area contributed by atoms with E-state index in [1.54, 1.807) is 12.1 Å². The monoisotopic (exact) mass is 392 g/mol. The molecule has 1 amide bonds. The van der Waals surface area contributed by atoms with Gasteiger partial charge < -0.3 is 14.9 Å². The maximum Gasteiger partial charge on any atom is 0.245 e. The molecule has 2 N–H and O–H groups in total. The molecule has 2 aliphatic heterocycles. The van der Waals surface area contributed by atoms with Gasteiger partial charge in [-0.2, -0.15) is 9.29 Å². The highest BCUT2D eigenvalue weighted by molar-refractivity contribution is 7.89. The number of rotatable bonds is 4. The van der Waals surface area contributed by atoms with Gasteiger partial charge in [-0.25, -0.2) is 8.42 Å². The lowest BCUT2D eigenvalue weighted by Gasteiger charge is -2.23. The van der Waals surface area contributed by atoms with Crippen molar-refractivity contribution in [1.29, 1.82) is 0 Å². The molecule has 0 radical (unpaired) electrons. The number of β-amino-alcohol motifs (C(OH)–C–C–N with tert-alkyl or cyclic N) is 1. The molecule has 0 bridgehead atoms. The minimum Gasteiger partial charge on any atom is -0.392 e. The summed E-state index contributed by atoms with van der Waals surface area (Å²) < 4.78 is 32.9. The largest absolute Gasteiger partial charge is 0.392 e. The maximum atomic E-state index is 13.2. The fourth-order valence-electron chi connectivity index (χ4n) is 3.48. The fourth-order valence-corrected chi connectivity index (χ4v) is 5.16. The van der Waals surface area contributed by atoms with Crippen LogP contribution < -0.4 is 5.32 Å². The van der Waals surface area contributed by atoms with E-state index >= 15 is 0 Å². The average Bonchev–Trinajstić information content (AvgIpc) is 3.27. The van der Waals surface area contributed by atoms with Crippen molar-refractivity contribution < 1.29 is 22.8 Å². The SMILES string of the molecule is CCc1noc([C@H]2C[C@H](O)CN2S(=O)(=O)c2ccc3c(c2)CCC(=O)N3)n1. The molecule has 2 atom stereocenters. The van der Waals surface area contributed by atoms with Crippen LogP contribution in [-0.4, -0.2) is 46.5 Å². The van der Waals surface area contributed by atoms with Crippen LogP contribution in [0.25, 0.3) is 0 Å². The van der Waals surface area contributed by atoms with E-state index in [0.29, 0.717) is 30.8 Å². The zero-order valence-corrected chi connectivity index (χ0v) is 15.6. The Kier molecular flexibility index (Phi) is 4.49. The van der Waals surface area contributed by atoms with Crippen LogP contribution in [0.15, 0.2) is 27.6 Å². The van der Waals surface area contributed by atoms with Crippen molar-refractivity contribution in [2.45, 2.75) is 49.6 Å². The molecule has 1 saturated heterocycles. The molecule has 144 valence electrons. The third-order valence-corrected chi connectivity index (χ3v) is 6.77. The third kappa shape index (κ3) is 3.24. The summed E-state index contributed by atoms with van der Waals surface area (Å²) >= 11 is 0. The summed E-state index contributed by atoms with van der Waals surface area (Å²) in [5.41, 5.74) is 1.41. The topological polar surface area (TPSA) is 126 Å². The van der Waals surface area contributed by atoms with Crippen molar-refractivity contribution in [1.82, 2.24) is 14.4 Å². The van der Waals surface area contributed by atoms with Gasteiger partial charge in [0, 0.05) is 31.5 Å². The zero-order valence-electron chi connectivity index (χ0n) is 14.8. The molecule has 4 rings (SSSR count). The first kappa shape index (κ1) is 18.1. The van der Waals surface area contributed by atoms with Crippen LogP contribution in [0.2, 0.25) is 0 Å². The molecule has 10 heteroatoms. The molecular weight excluding hydrogens is 372 g/mol. The van der Waals surface area contributed by atoms with Gasteiger partial charge in [-0.1, -0.05) is 12.1 Å². The summed E-state index contributed by atoms with van der Waals surface area (Å²) in [6.45, 7) is 1.84. The van der Waals surface area contributed by atoms with Crippen LogP contribution in [0.4, 0.5) is 5.69 Å². The fraction of sp³-hybridized carbons (Fsp3) is 0.471. The predicted octanol–water partition coefficient (Wildman–Crippen LogP) is 1.01. The van der Waals surface area contributed by atoms with Crippen molar-refractivity contribution in [2.75, 3.05) is 11.9 Å². The van der Waals surface area contributed by atoms with Crippen LogP contribution >= 0.6 is 0 Å². The number of carbonyl (C=O) groups excluding carboxylic acids is 1. The first-order valence-electron chi connectivity index (χ1n) is 8.83. The molecule has 1 fully saturated rings. The molecule has 0 aliphatic carbocycles. The minimum absolute atomic E-state index is 0.0370. The number of hydrogen-bond donors (Lipinski definition) is 2.